The highest BCUT2D eigenvalue weighted by molar-refractivity contribution is 6.01. The number of aryl methyl sites for hydroxylation is 2. The van der Waals surface area contributed by atoms with Gasteiger partial charge in [-0.15, -0.1) is 0 Å². The molecular formula is C21H22O. The number of hydrogen-bond donors (Lipinski definition) is 0. The zero-order chi connectivity index (χ0) is 15.5. The molecule has 3 aromatic rings. The van der Waals surface area contributed by atoms with Gasteiger partial charge < -0.3 is 4.74 Å². The van der Waals surface area contributed by atoms with Gasteiger partial charge in [0.2, 0.25) is 0 Å². The van der Waals surface area contributed by atoms with Gasteiger partial charge in [-0.2, -0.15) is 0 Å². The summed E-state index contributed by atoms with van der Waals surface area (Å²) in [5.41, 5.74) is 5.25. The lowest BCUT2D eigenvalue weighted by atomic mass is 9.91. The van der Waals surface area contributed by atoms with Gasteiger partial charge in [0.15, 0.2) is 0 Å². The SMILES string of the molecule is CCCOc1ccc(-c2c(C)cccc2C)c2ccccc12. The molecule has 0 amide bonds. The summed E-state index contributed by atoms with van der Waals surface area (Å²) in [6.45, 7) is 7.25. The first-order valence-electron chi connectivity index (χ1n) is 7.93. The standard InChI is InChI=1S/C21H22O/c1-4-14-22-20-13-12-19(17-10-5-6-11-18(17)20)21-15(2)8-7-9-16(21)3/h5-13H,4,14H2,1-3H3. The van der Waals surface area contributed by atoms with Gasteiger partial charge in [0.25, 0.3) is 0 Å². The van der Waals surface area contributed by atoms with Gasteiger partial charge in [-0.05, 0) is 54.0 Å². The first kappa shape index (κ1) is 14.6. The van der Waals surface area contributed by atoms with Crippen LogP contribution in [0, 0.1) is 13.8 Å². The number of ether oxygens (including phenoxy) is 1. The first-order valence-corrected chi connectivity index (χ1v) is 7.93. The smallest absolute Gasteiger partial charge is 0.127 e. The number of hydrogen-bond acceptors (Lipinski definition) is 1. The molecule has 0 aliphatic carbocycles. The molecule has 0 fully saturated rings. The molecule has 0 heterocycles. The Kier molecular flexibility index (Phi) is 4.15. The summed E-state index contributed by atoms with van der Waals surface area (Å²) in [6.07, 6.45) is 1.02. The summed E-state index contributed by atoms with van der Waals surface area (Å²) in [5, 5.41) is 2.45. The average Bonchev–Trinajstić information content (AvgIpc) is 2.53. The third-order valence-corrected chi connectivity index (χ3v) is 4.10. The first-order chi connectivity index (χ1) is 10.7. The van der Waals surface area contributed by atoms with Crippen LogP contribution in [0.15, 0.2) is 54.6 Å². The van der Waals surface area contributed by atoms with Gasteiger partial charge >= 0.3 is 0 Å². The van der Waals surface area contributed by atoms with Crippen molar-refractivity contribution in [2.45, 2.75) is 27.2 Å². The van der Waals surface area contributed by atoms with Gasteiger partial charge in [-0.3, -0.25) is 0 Å². The molecule has 0 saturated heterocycles. The Labute approximate surface area is 132 Å². The van der Waals surface area contributed by atoms with Crippen molar-refractivity contribution >= 4 is 10.8 Å². The second-order valence-corrected chi connectivity index (χ2v) is 5.77. The molecule has 0 N–H and O–H groups in total. The fourth-order valence-electron chi connectivity index (χ4n) is 3.07. The van der Waals surface area contributed by atoms with E-state index in [-0.39, 0.29) is 0 Å². The number of rotatable bonds is 4. The summed E-state index contributed by atoms with van der Waals surface area (Å²) in [6, 6.07) is 19.3. The van der Waals surface area contributed by atoms with Crippen LogP contribution in [-0.4, -0.2) is 6.61 Å². The minimum absolute atomic E-state index is 0.757. The Morgan fingerprint density at radius 3 is 2.14 bits per heavy atom. The summed E-state index contributed by atoms with van der Waals surface area (Å²) in [7, 11) is 0. The van der Waals surface area contributed by atoms with E-state index in [2.05, 4.69) is 75.4 Å². The van der Waals surface area contributed by atoms with Crippen LogP contribution in [0.4, 0.5) is 0 Å². The molecule has 0 aromatic heterocycles. The van der Waals surface area contributed by atoms with E-state index in [1.165, 1.54) is 33.0 Å². The van der Waals surface area contributed by atoms with E-state index in [1.54, 1.807) is 0 Å². The van der Waals surface area contributed by atoms with Crippen LogP contribution in [0.5, 0.6) is 5.75 Å². The third kappa shape index (κ3) is 2.59. The Bertz CT molecular complexity index is 782. The lowest BCUT2D eigenvalue weighted by Gasteiger charge is -2.15. The van der Waals surface area contributed by atoms with E-state index in [1.807, 2.05) is 0 Å². The molecular weight excluding hydrogens is 268 g/mol. The van der Waals surface area contributed by atoms with Gasteiger partial charge in [0.1, 0.15) is 5.75 Å². The summed E-state index contributed by atoms with van der Waals surface area (Å²) in [5.74, 6) is 0.979. The molecule has 3 rings (SSSR count). The minimum atomic E-state index is 0.757. The topological polar surface area (TPSA) is 9.23 Å². The molecule has 0 aliphatic heterocycles. The third-order valence-electron chi connectivity index (χ3n) is 4.10. The zero-order valence-corrected chi connectivity index (χ0v) is 13.5. The van der Waals surface area contributed by atoms with Crippen molar-refractivity contribution in [3.8, 4) is 16.9 Å². The molecule has 22 heavy (non-hydrogen) atoms. The molecule has 0 saturated carbocycles. The van der Waals surface area contributed by atoms with Gasteiger partial charge in [0, 0.05) is 5.39 Å². The Hall–Kier alpha value is -2.28. The number of fused-ring (bicyclic) bond motifs is 1. The van der Waals surface area contributed by atoms with Crippen LogP contribution in [0.1, 0.15) is 24.5 Å². The highest BCUT2D eigenvalue weighted by Crippen LogP contribution is 2.37. The maximum atomic E-state index is 5.92. The van der Waals surface area contributed by atoms with Crippen molar-refractivity contribution < 1.29 is 4.74 Å². The Balaban J connectivity index is 2.24. The lowest BCUT2D eigenvalue weighted by molar-refractivity contribution is 0.321. The van der Waals surface area contributed by atoms with E-state index in [0.717, 1.165) is 18.8 Å². The van der Waals surface area contributed by atoms with E-state index in [0.29, 0.717) is 0 Å². The second-order valence-electron chi connectivity index (χ2n) is 5.77. The molecule has 0 atom stereocenters. The molecule has 0 unspecified atom stereocenters. The molecule has 0 bridgehead atoms. The monoisotopic (exact) mass is 290 g/mol. The van der Waals surface area contributed by atoms with Crippen molar-refractivity contribution in [2.75, 3.05) is 6.61 Å². The lowest BCUT2D eigenvalue weighted by Crippen LogP contribution is -1.97. The van der Waals surface area contributed by atoms with Crippen molar-refractivity contribution in [3.05, 3.63) is 65.7 Å². The second kappa shape index (κ2) is 6.23. The van der Waals surface area contributed by atoms with E-state index in [9.17, 15) is 0 Å². The van der Waals surface area contributed by atoms with Crippen LogP contribution in [0.2, 0.25) is 0 Å². The van der Waals surface area contributed by atoms with E-state index < -0.39 is 0 Å². The predicted molar refractivity (Wildman–Crippen MR) is 94.6 cm³/mol. The maximum absolute atomic E-state index is 5.92. The van der Waals surface area contributed by atoms with Crippen molar-refractivity contribution in [1.82, 2.24) is 0 Å². The summed E-state index contributed by atoms with van der Waals surface area (Å²) in [4.78, 5) is 0. The van der Waals surface area contributed by atoms with Crippen molar-refractivity contribution in [2.24, 2.45) is 0 Å². The van der Waals surface area contributed by atoms with E-state index >= 15 is 0 Å². The minimum Gasteiger partial charge on any atom is -0.493 e. The van der Waals surface area contributed by atoms with Crippen LogP contribution in [0.3, 0.4) is 0 Å². The maximum Gasteiger partial charge on any atom is 0.127 e. The number of benzene rings is 3. The Morgan fingerprint density at radius 1 is 0.773 bits per heavy atom. The normalized spacial score (nSPS) is 10.9. The quantitative estimate of drug-likeness (QED) is 0.580. The molecule has 0 spiro atoms. The van der Waals surface area contributed by atoms with Crippen LogP contribution >= 0.6 is 0 Å². The average molecular weight is 290 g/mol. The molecule has 1 nitrogen and oxygen atoms in total. The van der Waals surface area contributed by atoms with Gasteiger partial charge in [0.05, 0.1) is 6.61 Å². The van der Waals surface area contributed by atoms with Crippen molar-refractivity contribution in [1.29, 1.82) is 0 Å². The summed E-state index contributed by atoms with van der Waals surface area (Å²) < 4.78 is 5.92. The largest absolute Gasteiger partial charge is 0.493 e. The summed E-state index contributed by atoms with van der Waals surface area (Å²) >= 11 is 0. The zero-order valence-electron chi connectivity index (χ0n) is 13.5. The van der Waals surface area contributed by atoms with E-state index in [4.69, 9.17) is 4.74 Å². The molecule has 0 radical (unpaired) electrons. The predicted octanol–water partition coefficient (Wildman–Crippen LogP) is 5.91. The fraction of sp³-hybridized carbons (Fsp3) is 0.238. The van der Waals surface area contributed by atoms with Crippen LogP contribution in [0.25, 0.3) is 21.9 Å². The highest BCUT2D eigenvalue weighted by Gasteiger charge is 2.11. The Morgan fingerprint density at radius 2 is 1.45 bits per heavy atom. The molecule has 3 aromatic carbocycles. The van der Waals surface area contributed by atoms with Crippen LogP contribution < -0.4 is 4.74 Å². The molecule has 112 valence electrons. The van der Waals surface area contributed by atoms with Gasteiger partial charge in [-0.1, -0.05) is 55.5 Å². The highest BCUT2D eigenvalue weighted by atomic mass is 16.5. The van der Waals surface area contributed by atoms with Crippen molar-refractivity contribution in [3.63, 3.8) is 0 Å². The van der Waals surface area contributed by atoms with Crippen LogP contribution in [-0.2, 0) is 0 Å². The molecule has 1 heteroatoms. The van der Waals surface area contributed by atoms with Gasteiger partial charge in [-0.25, -0.2) is 0 Å². The fourth-order valence-corrected chi connectivity index (χ4v) is 3.07. The molecule has 0 aliphatic rings.